The van der Waals surface area contributed by atoms with Crippen LogP contribution < -0.4 is 10.6 Å². The molecular formula is C23H20N2O4. The zero-order valence-electron chi connectivity index (χ0n) is 15.8. The molecule has 0 aromatic heterocycles. The predicted octanol–water partition coefficient (Wildman–Crippen LogP) is 3.49. The SMILES string of the molecule is COC(O)c1ccc(-c2ccc(NC(=O)c3ccccc3)c3c2CNC3=O)cc1. The molecule has 6 heteroatoms. The fourth-order valence-electron chi connectivity index (χ4n) is 3.47. The fourth-order valence-corrected chi connectivity index (χ4v) is 3.47. The highest BCUT2D eigenvalue weighted by Crippen LogP contribution is 2.34. The molecule has 3 N–H and O–H groups in total. The summed E-state index contributed by atoms with van der Waals surface area (Å²) >= 11 is 0. The van der Waals surface area contributed by atoms with Gasteiger partial charge in [0.05, 0.1) is 11.3 Å². The van der Waals surface area contributed by atoms with Gasteiger partial charge < -0.3 is 20.5 Å². The Bertz CT molecular complexity index is 1060. The van der Waals surface area contributed by atoms with Crippen LogP contribution in [0.3, 0.4) is 0 Å². The lowest BCUT2D eigenvalue weighted by atomic mass is 9.95. The number of nitrogens with one attached hydrogen (secondary N) is 2. The number of hydrogen-bond acceptors (Lipinski definition) is 4. The smallest absolute Gasteiger partial charge is 0.255 e. The molecule has 1 atom stereocenters. The normalized spacial score (nSPS) is 13.5. The molecule has 4 rings (SSSR count). The molecule has 2 amide bonds. The summed E-state index contributed by atoms with van der Waals surface area (Å²) in [6, 6.07) is 19.8. The summed E-state index contributed by atoms with van der Waals surface area (Å²) in [4.78, 5) is 25.0. The van der Waals surface area contributed by atoms with Crippen LogP contribution in [0.1, 0.15) is 38.1 Å². The van der Waals surface area contributed by atoms with Gasteiger partial charge in [-0.15, -0.1) is 0 Å². The van der Waals surface area contributed by atoms with Crippen molar-refractivity contribution in [2.24, 2.45) is 0 Å². The Morgan fingerprint density at radius 3 is 2.48 bits per heavy atom. The summed E-state index contributed by atoms with van der Waals surface area (Å²) in [7, 11) is 1.44. The molecule has 29 heavy (non-hydrogen) atoms. The number of rotatable bonds is 5. The molecule has 0 saturated heterocycles. The monoisotopic (exact) mass is 388 g/mol. The predicted molar refractivity (Wildman–Crippen MR) is 109 cm³/mol. The van der Waals surface area contributed by atoms with E-state index >= 15 is 0 Å². The molecule has 3 aromatic carbocycles. The summed E-state index contributed by atoms with van der Waals surface area (Å²) in [5, 5.41) is 15.5. The fraction of sp³-hybridized carbons (Fsp3) is 0.130. The van der Waals surface area contributed by atoms with E-state index in [1.165, 1.54) is 7.11 Å². The van der Waals surface area contributed by atoms with E-state index in [1.54, 1.807) is 42.5 Å². The highest BCUT2D eigenvalue weighted by molar-refractivity contribution is 6.11. The Hall–Kier alpha value is -3.48. The van der Waals surface area contributed by atoms with Gasteiger partial charge in [-0.1, -0.05) is 48.5 Å². The van der Waals surface area contributed by atoms with Crippen LogP contribution in [0.4, 0.5) is 5.69 Å². The number of aliphatic hydroxyl groups is 1. The average molecular weight is 388 g/mol. The second kappa shape index (κ2) is 7.87. The topological polar surface area (TPSA) is 87.7 Å². The number of benzene rings is 3. The third-order valence-corrected chi connectivity index (χ3v) is 4.98. The van der Waals surface area contributed by atoms with Crippen molar-refractivity contribution in [1.82, 2.24) is 5.32 Å². The molecule has 0 spiro atoms. The maximum Gasteiger partial charge on any atom is 0.255 e. The maximum absolute atomic E-state index is 12.5. The van der Waals surface area contributed by atoms with Crippen LogP contribution in [0.15, 0.2) is 66.7 Å². The van der Waals surface area contributed by atoms with Crippen LogP contribution in [0.2, 0.25) is 0 Å². The third-order valence-electron chi connectivity index (χ3n) is 4.98. The Labute approximate surface area is 168 Å². The first-order chi connectivity index (χ1) is 14.1. The molecule has 0 aliphatic carbocycles. The van der Waals surface area contributed by atoms with E-state index in [1.807, 2.05) is 24.3 Å². The van der Waals surface area contributed by atoms with Gasteiger partial charge in [-0.25, -0.2) is 0 Å². The van der Waals surface area contributed by atoms with Crippen molar-refractivity contribution in [3.05, 3.63) is 89.0 Å². The third kappa shape index (κ3) is 3.63. The Kier molecular flexibility index (Phi) is 5.12. The van der Waals surface area contributed by atoms with Gasteiger partial charge in [0.1, 0.15) is 0 Å². The van der Waals surface area contributed by atoms with Gasteiger partial charge in [0, 0.05) is 24.8 Å². The Morgan fingerprint density at radius 1 is 1.07 bits per heavy atom. The van der Waals surface area contributed by atoms with E-state index in [-0.39, 0.29) is 11.8 Å². The first-order valence-corrected chi connectivity index (χ1v) is 9.20. The van der Waals surface area contributed by atoms with Crippen LogP contribution in [-0.2, 0) is 11.3 Å². The van der Waals surface area contributed by atoms with Crippen LogP contribution >= 0.6 is 0 Å². The Balaban J connectivity index is 1.68. The summed E-state index contributed by atoms with van der Waals surface area (Å²) in [5.74, 6) is -0.477. The number of aliphatic hydroxyl groups excluding tert-OH is 1. The lowest BCUT2D eigenvalue weighted by molar-refractivity contribution is -0.0769. The Morgan fingerprint density at radius 2 is 1.79 bits per heavy atom. The van der Waals surface area contributed by atoms with E-state index in [9.17, 15) is 14.7 Å². The molecule has 0 saturated carbocycles. The molecule has 0 radical (unpaired) electrons. The number of hydrogen-bond donors (Lipinski definition) is 3. The minimum atomic E-state index is -0.978. The summed E-state index contributed by atoms with van der Waals surface area (Å²) in [6.45, 7) is 0.390. The van der Waals surface area contributed by atoms with Gasteiger partial charge in [0.25, 0.3) is 11.8 Å². The molecule has 6 nitrogen and oxygen atoms in total. The average Bonchev–Trinajstić information content (AvgIpc) is 3.16. The number of amides is 2. The molecule has 1 unspecified atom stereocenters. The van der Waals surface area contributed by atoms with Gasteiger partial charge >= 0.3 is 0 Å². The largest absolute Gasteiger partial charge is 0.364 e. The maximum atomic E-state index is 12.5. The lowest BCUT2D eigenvalue weighted by Crippen LogP contribution is -2.17. The van der Waals surface area contributed by atoms with Gasteiger partial charge in [0.15, 0.2) is 6.29 Å². The van der Waals surface area contributed by atoms with Gasteiger partial charge in [0.2, 0.25) is 0 Å². The van der Waals surface area contributed by atoms with Crippen molar-refractivity contribution in [2.45, 2.75) is 12.8 Å². The van der Waals surface area contributed by atoms with Crippen molar-refractivity contribution in [3.63, 3.8) is 0 Å². The van der Waals surface area contributed by atoms with Gasteiger partial charge in [-0.05, 0) is 34.9 Å². The highest BCUT2D eigenvalue weighted by atomic mass is 16.6. The van der Waals surface area contributed by atoms with Crippen LogP contribution in [0.25, 0.3) is 11.1 Å². The zero-order valence-corrected chi connectivity index (χ0v) is 15.8. The van der Waals surface area contributed by atoms with E-state index in [4.69, 9.17) is 4.74 Å². The number of carbonyl (C=O) groups excluding carboxylic acids is 2. The van der Waals surface area contributed by atoms with Crippen molar-refractivity contribution in [3.8, 4) is 11.1 Å². The second-order valence-electron chi connectivity index (χ2n) is 6.73. The molecule has 1 heterocycles. The molecule has 3 aromatic rings. The first-order valence-electron chi connectivity index (χ1n) is 9.20. The highest BCUT2D eigenvalue weighted by Gasteiger charge is 2.27. The number of carbonyl (C=O) groups is 2. The molecule has 146 valence electrons. The van der Waals surface area contributed by atoms with Crippen LogP contribution in [-0.4, -0.2) is 24.0 Å². The minimum absolute atomic E-state index is 0.211. The van der Waals surface area contributed by atoms with Crippen molar-refractivity contribution in [2.75, 3.05) is 12.4 Å². The van der Waals surface area contributed by atoms with Crippen molar-refractivity contribution >= 4 is 17.5 Å². The quantitative estimate of drug-likeness (QED) is 0.584. The summed E-state index contributed by atoms with van der Waals surface area (Å²) in [5.41, 5.74) is 4.78. The molecule has 1 aliphatic rings. The van der Waals surface area contributed by atoms with Crippen molar-refractivity contribution < 1.29 is 19.4 Å². The number of methoxy groups -OCH3 is 1. The molecule has 0 fully saturated rings. The summed E-state index contributed by atoms with van der Waals surface area (Å²) in [6.07, 6.45) is -0.978. The van der Waals surface area contributed by atoms with Crippen molar-refractivity contribution in [1.29, 1.82) is 0 Å². The van der Waals surface area contributed by atoms with E-state index in [2.05, 4.69) is 10.6 Å². The zero-order chi connectivity index (χ0) is 20.4. The summed E-state index contributed by atoms with van der Waals surface area (Å²) < 4.78 is 4.92. The van der Waals surface area contributed by atoms with E-state index < -0.39 is 6.29 Å². The van der Waals surface area contributed by atoms with E-state index in [0.717, 1.165) is 16.7 Å². The number of ether oxygens (including phenoxy) is 1. The van der Waals surface area contributed by atoms with Crippen LogP contribution in [0.5, 0.6) is 0 Å². The minimum Gasteiger partial charge on any atom is -0.364 e. The lowest BCUT2D eigenvalue weighted by Gasteiger charge is -2.14. The van der Waals surface area contributed by atoms with Gasteiger partial charge in [-0.2, -0.15) is 0 Å². The number of anilines is 1. The van der Waals surface area contributed by atoms with E-state index in [0.29, 0.717) is 28.9 Å². The van der Waals surface area contributed by atoms with Crippen LogP contribution in [0, 0.1) is 0 Å². The molecule has 0 bridgehead atoms. The second-order valence-corrected chi connectivity index (χ2v) is 6.73. The van der Waals surface area contributed by atoms with Gasteiger partial charge in [-0.3, -0.25) is 9.59 Å². The first kappa shape index (κ1) is 18.9. The molecule has 1 aliphatic heterocycles. The number of fused-ring (bicyclic) bond motifs is 1. The molecular weight excluding hydrogens is 368 g/mol. The standard InChI is InChI=1S/C23H20N2O4/c1-29-23(28)16-9-7-14(8-10-16)17-11-12-19(20-18(17)13-24-22(20)27)25-21(26)15-5-3-2-4-6-15/h2-12,23,28H,13H2,1H3,(H,24,27)(H,25,26).